The number of halogens is 1. The molecule has 2 aromatic carbocycles. The minimum atomic E-state index is -0.489. The number of para-hydroxylation sites is 2. The fourth-order valence-electron chi connectivity index (χ4n) is 4.56. The number of hydrogen-bond donors (Lipinski definition) is 1. The highest BCUT2D eigenvalue weighted by Crippen LogP contribution is 2.37. The molecular formula is C30H39ClO3. The Kier molecular flexibility index (Phi) is 9.27. The molecule has 0 saturated heterocycles. The second-order valence-electron chi connectivity index (χ2n) is 9.83. The summed E-state index contributed by atoms with van der Waals surface area (Å²) < 4.78 is 11.7. The van der Waals surface area contributed by atoms with Crippen LogP contribution in [0.5, 0.6) is 0 Å². The van der Waals surface area contributed by atoms with Gasteiger partial charge in [-0.15, -0.1) is 11.6 Å². The Morgan fingerprint density at radius 3 is 1.62 bits per heavy atom. The minimum absolute atomic E-state index is 0.0163. The summed E-state index contributed by atoms with van der Waals surface area (Å²) in [6, 6.07) is 16.2. The summed E-state index contributed by atoms with van der Waals surface area (Å²) in [5, 5.41) is 12.5. The van der Waals surface area contributed by atoms with Crippen molar-refractivity contribution in [1.29, 1.82) is 0 Å². The van der Waals surface area contributed by atoms with Crippen LogP contribution in [0, 0.1) is 11.8 Å². The lowest BCUT2D eigenvalue weighted by atomic mass is 9.99. The van der Waals surface area contributed by atoms with Gasteiger partial charge in [0.2, 0.25) is 0 Å². The number of furan rings is 2. The second kappa shape index (κ2) is 12.0. The zero-order chi connectivity index (χ0) is 24.8. The van der Waals surface area contributed by atoms with Gasteiger partial charge in [0.05, 0.1) is 5.38 Å². The second-order valence-corrected chi connectivity index (χ2v) is 10.4. The van der Waals surface area contributed by atoms with Gasteiger partial charge in [0, 0.05) is 21.9 Å². The van der Waals surface area contributed by atoms with Gasteiger partial charge in [0.1, 0.15) is 28.8 Å². The van der Waals surface area contributed by atoms with Crippen LogP contribution in [0.2, 0.25) is 0 Å². The summed E-state index contributed by atoms with van der Waals surface area (Å²) in [5.74, 6) is 2.75. The monoisotopic (exact) mass is 482 g/mol. The van der Waals surface area contributed by atoms with Crippen molar-refractivity contribution in [3.05, 3.63) is 71.2 Å². The number of aliphatic hydroxyl groups is 1. The average molecular weight is 483 g/mol. The number of hydrogen-bond acceptors (Lipinski definition) is 3. The maximum absolute atomic E-state index is 10.2. The Morgan fingerprint density at radius 1 is 0.706 bits per heavy atom. The molecule has 4 aromatic rings. The summed E-state index contributed by atoms with van der Waals surface area (Å²) in [6.07, 6.45) is 3.06. The molecule has 0 aliphatic carbocycles. The third kappa shape index (κ3) is 6.06. The topological polar surface area (TPSA) is 46.5 Å². The molecule has 0 aliphatic heterocycles. The number of fused-ring (bicyclic) bond motifs is 2. The highest BCUT2D eigenvalue weighted by Gasteiger charge is 2.21. The molecule has 2 unspecified atom stereocenters. The van der Waals surface area contributed by atoms with Crippen LogP contribution in [0.3, 0.4) is 0 Å². The first-order chi connectivity index (χ1) is 16.3. The van der Waals surface area contributed by atoms with Crippen LogP contribution in [-0.4, -0.2) is 5.11 Å². The zero-order valence-corrected chi connectivity index (χ0v) is 22.2. The first kappa shape index (κ1) is 26.4. The van der Waals surface area contributed by atoms with E-state index in [4.69, 9.17) is 20.4 Å². The molecular weight excluding hydrogens is 444 g/mol. The van der Waals surface area contributed by atoms with Gasteiger partial charge < -0.3 is 13.9 Å². The maximum atomic E-state index is 10.2. The molecule has 0 saturated carbocycles. The van der Waals surface area contributed by atoms with Gasteiger partial charge in [-0.2, -0.15) is 0 Å². The molecule has 34 heavy (non-hydrogen) atoms. The summed E-state index contributed by atoms with van der Waals surface area (Å²) in [7, 11) is 0. The zero-order valence-electron chi connectivity index (χ0n) is 21.4. The number of aryl methyl sites for hydroxylation is 2. The number of benzene rings is 2. The van der Waals surface area contributed by atoms with Crippen LogP contribution in [0.15, 0.2) is 57.4 Å². The van der Waals surface area contributed by atoms with E-state index in [0.717, 1.165) is 59.3 Å². The van der Waals surface area contributed by atoms with Gasteiger partial charge in [-0.05, 0) is 49.7 Å². The van der Waals surface area contributed by atoms with Crippen molar-refractivity contribution < 1.29 is 13.9 Å². The summed E-state index contributed by atoms with van der Waals surface area (Å²) >= 11 is 6.46. The van der Waals surface area contributed by atoms with E-state index in [9.17, 15) is 5.11 Å². The Bertz CT molecular complexity index is 1090. The lowest BCUT2D eigenvalue weighted by Crippen LogP contribution is -2.03. The normalized spacial score (nSPS) is 13.5. The summed E-state index contributed by atoms with van der Waals surface area (Å²) in [4.78, 5) is 0. The number of rotatable bonds is 8. The first-order valence-electron chi connectivity index (χ1n) is 12.6. The van der Waals surface area contributed by atoms with E-state index in [-0.39, 0.29) is 5.38 Å². The fraction of sp³-hybridized carbons (Fsp3) is 0.467. The van der Waals surface area contributed by atoms with E-state index in [2.05, 4.69) is 53.7 Å². The number of alkyl halides is 1. The summed E-state index contributed by atoms with van der Waals surface area (Å²) in [6.45, 7) is 12.8. The Balaban J connectivity index is 0.000000191. The maximum Gasteiger partial charge on any atom is 0.136 e. The molecule has 2 atom stereocenters. The quantitative estimate of drug-likeness (QED) is 0.254. The van der Waals surface area contributed by atoms with E-state index in [1.807, 2.05) is 36.4 Å². The van der Waals surface area contributed by atoms with Gasteiger partial charge in [0.15, 0.2) is 0 Å². The van der Waals surface area contributed by atoms with Crippen LogP contribution in [0.1, 0.15) is 88.5 Å². The van der Waals surface area contributed by atoms with Crippen molar-refractivity contribution in [3.8, 4) is 0 Å². The lowest BCUT2D eigenvalue weighted by molar-refractivity contribution is 0.126. The van der Waals surface area contributed by atoms with Crippen molar-refractivity contribution in [1.82, 2.24) is 0 Å². The predicted octanol–water partition coefficient (Wildman–Crippen LogP) is 9.40. The van der Waals surface area contributed by atoms with Gasteiger partial charge in [0.25, 0.3) is 0 Å². The molecule has 0 radical (unpaired) electrons. The van der Waals surface area contributed by atoms with Gasteiger partial charge in [-0.3, -0.25) is 0 Å². The van der Waals surface area contributed by atoms with Gasteiger partial charge in [-0.25, -0.2) is 0 Å². The van der Waals surface area contributed by atoms with Crippen molar-refractivity contribution in [2.75, 3.05) is 0 Å². The Morgan fingerprint density at radius 2 is 1.15 bits per heavy atom. The van der Waals surface area contributed by atoms with Gasteiger partial charge >= 0.3 is 0 Å². The molecule has 184 valence electrons. The molecule has 0 fully saturated rings. The average Bonchev–Trinajstić information content (AvgIpc) is 3.37. The third-order valence-corrected chi connectivity index (χ3v) is 6.50. The molecule has 2 aromatic heterocycles. The molecule has 0 aliphatic rings. The molecule has 0 amide bonds. The molecule has 4 heteroatoms. The van der Waals surface area contributed by atoms with Crippen molar-refractivity contribution in [2.24, 2.45) is 11.8 Å². The highest BCUT2D eigenvalue weighted by atomic mass is 35.5. The van der Waals surface area contributed by atoms with E-state index in [0.29, 0.717) is 11.8 Å². The third-order valence-electron chi connectivity index (χ3n) is 6.13. The lowest BCUT2D eigenvalue weighted by Gasteiger charge is -2.11. The van der Waals surface area contributed by atoms with E-state index < -0.39 is 6.10 Å². The van der Waals surface area contributed by atoms with Crippen LogP contribution in [0.25, 0.3) is 21.9 Å². The summed E-state index contributed by atoms with van der Waals surface area (Å²) in [5.41, 5.74) is 4.24. The predicted molar refractivity (Wildman–Crippen MR) is 144 cm³/mol. The molecule has 0 bridgehead atoms. The minimum Gasteiger partial charge on any atom is -0.459 e. The number of aliphatic hydroxyl groups excluding tert-OH is 1. The Hall–Kier alpha value is -2.23. The van der Waals surface area contributed by atoms with Crippen LogP contribution in [0.4, 0.5) is 0 Å². The molecule has 2 heterocycles. The van der Waals surface area contributed by atoms with Crippen molar-refractivity contribution in [3.63, 3.8) is 0 Å². The van der Waals surface area contributed by atoms with Crippen molar-refractivity contribution in [2.45, 2.75) is 78.7 Å². The fourth-order valence-corrected chi connectivity index (χ4v) is 5.09. The van der Waals surface area contributed by atoms with Gasteiger partial charge in [-0.1, -0.05) is 77.9 Å². The Labute approximate surface area is 209 Å². The molecule has 0 spiro atoms. The SMILES string of the molecule is CCc1c(C(Cl)CC(C)C)oc2ccccc12.CCc1c(C(O)CC(C)C)oc2ccccc12. The highest BCUT2D eigenvalue weighted by molar-refractivity contribution is 6.20. The van der Waals surface area contributed by atoms with E-state index >= 15 is 0 Å². The van der Waals surface area contributed by atoms with Crippen LogP contribution in [-0.2, 0) is 12.8 Å². The largest absolute Gasteiger partial charge is 0.459 e. The van der Waals surface area contributed by atoms with E-state index in [1.54, 1.807) is 0 Å². The first-order valence-corrected chi connectivity index (χ1v) is 13.0. The smallest absolute Gasteiger partial charge is 0.136 e. The standard InChI is InChI=1S/C15H19ClO.C15H20O2/c2*1-4-11-12-7-5-6-8-14(12)17-15(11)13(16)9-10(2)3/h5-8,10,13H,4,9H2,1-3H3;5-8,10,13,16H,4,9H2,1-3H3. The van der Waals surface area contributed by atoms with Crippen molar-refractivity contribution >= 4 is 33.5 Å². The molecule has 4 rings (SSSR count). The van der Waals surface area contributed by atoms with E-state index in [1.165, 1.54) is 10.9 Å². The molecule has 3 nitrogen and oxygen atoms in total. The van der Waals surface area contributed by atoms with Crippen LogP contribution < -0.4 is 0 Å². The molecule has 1 N–H and O–H groups in total. The van der Waals surface area contributed by atoms with Crippen LogP contribution >= 0.6 is 11.6 Å².